The predicted octanol–water partition coefficient (Wildman–Crippen LogP) is 10.6. The SMILES string of the molecule is Cc1cccc2c3c(ccc12)N(CCCS(=O)(=O)O)\C(=C/C=C(/C=C/C1=[N+](CCCS(=O)(=O)O)c2ccc4c(S(=O)(=O)O)cccc4c2C1(C)C)c1cccc(CCCCC(=O)CCCNC(=O)C(C)C)c1)C3(C)C. The molecule has 2 aliphatic heterocycles. The smallest absolute Gasteiger partial charge is 0.295 e. The van der Waals surface area contributed by atoms with Crippen molar-refractivity contribution in [2.45, 2.75) is 116 Å². The molecular formula is C58H70N3O11S3+. The number of hydrogen-bond donors (Lipinski definition) is 4. The summed E-state index contributed by atoms with van der Waals surface area (Å²) in [6.45, 7) is 15.0. The van der Waals surface area contributed by atoms with Gasteiger partial charge in [-0.25, -0.2) is 0 Å². The third kappa shape index (κ3) is 13.2. The molecule has 0 aliphatic carbocycles. The molecule has 400 valence electrons. The molecule has 0 radical (unpaired) electrons. The summed E-state index contributed by atoms with van der Waals surface area (Å²) < 4.78 is 105. The van der Waals surface area contributed by atoms with E-state index in [2.05, 4.69) is 73.5 Å². The van der Waals surface area contributed by atoms with Crippen LogP contribution in [0.25, 0.3) is 27.1 Å². The van der Waals surface area contributed by atoms with Crippen molar-refractivity contribution in [3.63, 3.8) is 0 Å². The fourth-order valence-electron chi connectivity index (χ4n) is 10.9. The number of Topliss-reactive ketones (excluding diaryl/α,β-unsaturated/α-hetero) is 1. The number of rotatable bonds is 23. The zero-order valence-electron chi connectivity index (χ0n) is 43.9. The Labute approximate surface area is 442 Å². The van der Waals surface area contributed by atoms with E-state index in [-0.39, 0.29) is 41.9 Å². The first-order chi connectivity index (χ1) is 35.2. The number of nitrogens with one attached hydrogen (secondary N) is 1. The van der Waals surface area contributed by atoms with Gasteiger partial charge in [-0.15, -0.1) is 0 Å². The number of carbonyl (C=O) groups excluding carboxylic acids is 2. The van der Waals surface area contributed by atoms with E-state index in [1.165, 1.54) is 6.07 Å². The molecule has 0 aromatic heterocycles. The number of fused-ring (bicyclic) bond motifs is 6. The maximum atomic E-state index is 12.8. The van der Waals surface area contributed by atoms with Gasteiger partial charge in [0.1, 0.15) is 17.2 Å². The number of carbonyl (C=O) groups is 2. The number of anilines is 1. The van der Waals surface area contributed by atoms with Gasteiger partial charge in [-0.1, -0.05) is 94.4 Å². The van der Waals surface area contributed by atoms with Crippen molar-refractivity contribution < 1.29 is 53.1 Å². The molecule has 5 aromatic carbocycles. The van der Waals surface area contributed by atoms with Gasteiger partial charge in [0.15, 0.2) is 5.71 Å². The first-order valence-corrected chi connectivity index (χ1v) is 30.2. The van der Waals surface area contributed by atoms with Crippen molar-refractivity contribution in [1.29, 1.82) is 0 Å². The molecular weight excluding hydrogens is 1010 g/mol. The van der Waals surface area contributed by atoms with E-state index >= 15 is 0 Å². The second-order valence-electron chi connectivity index (χ2n) is 21.1. The van der Waals surface area contributed by atoms with Crippen molar-refractivity contribution in [2.24, 2.45) is 5.92 Å². The Morgan fingerprint density at radius 2 is 1.37 bits per heavy atom. The summed E-state index contributed by atoms with van der Waals surface area (Å²) in [7, 11) is -13.1. The van der Waals surface area contributed by atoms with Crippen molar-refractivity contribution >= 4 is 86.2 Å². The normalized spacial score (nSPS) is 16.2. The Balaban J connectivity index is 1.32. The summed E-state index contributed by atoms with van der Waals surface area (Å²) in [6, 6.07) is 26.7. The van der Waals surface area contributed by atoms with Crippen LogP contribution in [-0.4, -0.2) is 92.0 Å². The van der Waals surface area contributed by atoms with Crippen molar-refractivity contribution in [3.8, 4) is 0 Å². The van der Waals surface area contributed by atoms with E-state index < -0.39 is 52.7 Å². The summed E-state index contributed by atoms with van der Waals surface area (Å²) in [5.41, 5.74) is 7.65. The van der Waals surface area contributed by atoms with Crippen molar-refractivity contribution in [1.82, 2.24) is 5.32 Å². The number of benzene rings is 5. The number of allylic oxidation sites excluding steroid dienone is 6. The minimum absolute atomic E-state index is 0.0300. The van der Waals surface area contributed by atoms with E-state index in [1.807, 2.05) is 68.7 Å². The molecule has 17 heteroatoms. The fraction of sp³-hybridized carbons (Fsp3) is 0.397. The van der Waals surface area contributed by atoms with Crippen LogP contribution in [0.4, 0.5) is 11.4 Å². The largest absolute Gasteiger partial charge is 0.356 e. The topological polar surface area (TPSA) is 216 Å². The number of nitrogens with zero attached hydrogens (tertiary/aromatic N) is 2. The number of unbranched alkanes of at least 4 members (excludes halogenated alkanes) is 1. The number of ketones is 1. The number of hydrogen-bond acceptors (Lipinski definition) is 9. The molecule has 2 heterocycles. The molecule has 0 fully saturated rings. The van der Waals surface area contributed by atoms with Crippen molar-refractivity contribution in [3.05, 3.63) is 143 Å². The van der Waals surface area contributed by atoms with Gasteiger partial charge in [-0.05, 0) is 127 Å². The zero-order chi connectivity index (χ0) is 54.7. The Morgan fingerprint density at radius 1 is 0.720 bits per heavy atom. The summed E-state index contributed by atoms with van der Waals surface area (Å²) in [5.74, 6) is -0.878. The second-order valence-corrected chi connectivity index (χ2v) is 25.7. The maximum Gasteiger partial charge on any atom is 0.295 e. The Bertz CT molecular complexity index is 3520. The molecule has 1 amide bonds. The first kappa shape index (κ1) is 56.9. The average Bonchev–Trinajstić information content (AvgIpc) is 3.68. The van der Waals surface area contributed by atoms with E-state index in [9.17, 15) is 48.5 Å². The fourth-order valence-corrected chi connectivity index (χ4v) is 12.6. The van der Waals surface area contributed by atoms with Gasteiger partial charge in [-0.2, -0.15) is 29.8 Å². The molecule has 0 atom stereocenters. The average molecular weight is 1080 g/mol. The quantitative estimate of drug-likeness (QED) is 0.0208. The van der Waals surface area contributed by atoms with E-state index in [1.54, 1.807) is 24.3 Å². The van der Waals surface area contributed by atoms with Gasteiger partial charge in [0.2, 0.25) is 11.6 Å². The predicted molar refractivity (Wildman–Crippen MR) is 299 cm³/mol. The molecule has 4 N–H and O–H groups in total. The summed E-state index contributed by atoms with van der Waals surface area (Å²) >= 11 is 0. The molecule has 14 nitrogen and oxygen atoms in total. The minimum atomic E-state index is -4.60. The Hall–Kier alpha value is -5.82. The third-order valence-electron chi connectivity index (χ3n) is 14.5. The molecule has 5 aromatic rings. The molecule has 0 unspecified atom stereocenters. The third-order valence-corrected chi connectivity index (χ3v) is 17.0. The number of amides is 1. The second kappa shape index (κ2) is 22.8. The van der Waals surface area contributed by atoms with Gasteiger partial charge in [0.25, 0.3) is 30.4 Å². The van der Waals surface area contributed by atoms with Gasteiger partial charge in [0, 0.05) is 78.2 Å². The summed E-state index contributed by atoms with van der Waals surface area (Å²) in [4.78, 5) is 26.6. The van der Waals surface area contributed by atoms with Crippen LogP contribution in [-0.2, 0) is 57.2 Å². The minimum Gasteiger partial charge on any atom is -0.356 e. The van der Waals surface area contributed by atoms with Crippen LogP contribution < -0.4 is 10.2 Å². The number of aryl methyl sites for hydroxylation is 2. The van der Waals surface area contributed by atoms with Crippen molar-refractivity contribution in [2.75, 3.05) is 36.0 Å². The lowest BCUT2D eigenvalue weighted by atomic mass is 9.79. The lowest BCUT2D eigenvalue weighted by Gasteiger charge is -2.27. The lowest BCUT2D eigenvalue weighted by Crippen LogP contribution is -2.28. The standard InChI is InChI=1S/C58H69N3O11S3/c1-39(2)56(63)59-33-13-21-44(62)20-9-8-17-41-18-11-19-43(38-41)42(25-31-52-57(4,5)54-47-22-10-16-40(3)45(47)27-29-49(54)60(52)34-14-36-73(64,65)66)26-32-53-58(6,7)55-48-23-12-24-51(75(70,71)72)46(48)28-30-50(55)61(53)35-15-37-74(67,68)69/h10-12,16,18-19,22-32,38-39H,8-9,13-15,17,20-21,33-37H2,1-7H3,(H3-,59,63,64,65,66,67,68,69,70,71,72)/p+1. The van der Waals surface area contributed by atoms with Crippen LogP contribution >= 0.6 is 0 Å². The summed E-state index contributed by atoms with van der Waals surface area (Å²) in [6.07, 6.45) is 11.9. The highest BCUT2D eigenvalue weighted by atomic mass is 32.2. The van der Waals surface area contributed by atoms with Crippen LogP contribution in [0.5, 0.6) is 0 Å². The van der Waals surface area contributed by atoms with Gasteiger partial charge in [0.05, 0.1) is 16.9 Å². The highest BCUT2D eigenvalue weighted by Gasteiger charge is 2.46. The zero-order valence-corrected chi connectivity index (χ0v) is 46.3. The van der Waals surface area contributed by atoms with Crippen LogP contribution in [0.3, 0.4) is 0 Å². The van der Waals surface area contributed by atoms with Gasteiger partial charge >= 0.3 is 0 Å². The van der Waals surface area contributed by atoms with Crippen LogP contribution in [0.1, 0.15) is 114 Å². The molecule has 0 saturated carbocycles. The monoisotopic (exact) mass is 1080 g/mol. The van der Waals surface area contributed by atoms with E-state index in [0.29, 0.717) is 56.0 Å². The highest BCUT2D eigenvalue weighted by Crippen LogP contribution is 2.51. The van der Waals surface area contributed by atoms with E-state index in [4.69, 9.17) is 0 Å². The molecule has 0 spiro atoms. The lowest BCUT2D eigenvalue weighted by molar-refractivity contribution is -0.437. The molecule has 0 saturated heterocycles. The first-order valence-electron chi connectivity index (χ1n) is 25.6. The maximum absolute atomic E-state index is 12.8. The van der Waals surface area contributed by atoms with Gasteiger partial charge in [-0.3, -0.25) is 23.2 Å². The molecule has 0 bridgehead atoms. The van der Waals surface area contributed by atoms with Crippen LogP contribution in [0, 0.1) is 12.8 Å². The molecule has 7 rings (SSSR count). The van der Waals surface area contributed by atoms with E-state index in [0.717, 1.165) is 73.4 Å². The molecule has 75 heavy (non-hydrogen) atoms. The van der Waals surface area contributed by atoms with Gasteiger partial charge < -0.3 is 10.2 Å². The Morgan fingerprint density at radius 3 is 2.07 bits per heavy atom. The molecule has 2 aliphatic rings. The van der Waals surface area contributed by atoms with Crippen LogP contribution in [0.2, 0.25) is 0 Å². The van der Waals surface area contributed by atoms with Crippen LogP contribution in [0.15, 0.2) is 120 Å². The Kier molecular flexibility index (Phi) is 17.3. The highest BCUT2D eigenvalue weighted by molar-refractivity contribution is 7.86. The summed E-state index contributed by atoms with van der Waals surface area (Å²) in [5, 5.41) is 5.99.